The van der Waals surface area contributed by atoms with Crippen molar-refractivity contribution in [2.24, 2.45) is 0 Å². The summed E-state index contributed by atoms with van der Waals surface area (Å²) in [5, 5.41) is 25.6. The van der Waals surface area contributed by atoms with E-state index in [1.165, 1.54) is 33.8 Å². The van der Waals surface area contributed by atoms with Crippen molar-refractivity contribution in [2.75, 3.05) is 18.4 Å². The number of urea groups is 1. The highest BCUT2D eigenvalue weighted by atomic mass is 19.1. The number of aliphatic hydroxyl groups is 1. The van der Waals surface area contributed by atoms with E-state index in [9.17, 15) is 24.2 Å². The maximum atomic E-state index is 14.9. The number of carboxylic acid groups (broad SMARTS) is 1. The second kappa shape index (κ2) is 7.31. The lowest BCUT2D eigenvalue weighted by Crippen LogP contribution is -2.33. The molecule has 160 valence electrons. The van der Waals surface area contributed by atoms with Crippen molar-refractivity contribution in [3.05, 3.63) is 47.5 Å². The summed E-state index contributed by atoms with van der Waals surface area (Å²) in [5.41, 5.74) is 2.08. The number of fused-ring (bicyclic) bond motifs is 1. The number of aromatic nitrogens is 3. The zero-order chi connectivity index (χ0) is 21.7. The van der Waals surface area contributed by atoms with Gasteiger partial charge in [-0.2, -0.15) is 5.10 Å². The first-order chi connectivity index (χ1) is 14.9. The third-order valence-corrected chi connectivity index (χ3v) is 5.64. The van der Waals surface area contributed by atoms with Crippen LogP contribution in [0.15, 0.2) is 30.5 Å². The fourth-order valence-corrected chi connectivity index (χ4v) is 3.86. The average Bonchev–Trinajstić information content (AvgIpc) is 3.33. The molecule has 1 aliphatic heterocycles. The smallest absolute Gasteiger partial charge is 0.356 e. The average molecular weight is 425 g/mol. The number of carbonyl (C=O) groups is 2. The summed E-state index contributed by atoms with van der Waals surface area (Å²) in [6.45, 7) is 0.700. The number of nitrogens with one attached hydrogen (secondary N) is 1. The molecule has 0 spiro atoms. The van der Waals surface area contributed by atoms with E-state index in [1.54, 1.807) is 6.07 Å². The van der Waals surface area contributed by atoms with Gasteiger partial charge in [0.25, 0.3) is 0 Å². The molecule has 1 unspecified atom stereocenters. The second-order valence-corrected chi connectivity index (χ2v) is 7.97. The van der Waals surface area contributed by atoms with Crippen molar-refractivity contribution < 1.29 is 24.2 Å². The van der Waals surface area contributed by atoms with Gasteiger partial charge in [0, 0.05) is 29.9 Å². The van der Waals surface area contributed by atoms with E-state index in [0.717, 1.165) is 18.4 Å². The van der Waals surface area contributed by atoms with Gasteiger partial charge in [0.1, 0.15) is 5.82 Å². The quantitative estimate of drug-likeness (QED) is 0.591. The van der Waals surface area contributed by atoms with Gasteiger partial charge in [0.2, 0.25) is 0 Å². The van der Waals surface area contributed by atoms with Gasteiger partial charge in [-0.05, 0) is 49.4 Å². The number of β-amino-alcohol motifs (C(OH)–C–C–N with tert-alkyl or cyclic N) is 1. The third kappa shape index (κ3) is 3.70. The molecular formula is C21H20FN5O4. The number of benzene rings is 1. The molecule has 1 atom stereocenters. The minimum absolute atomic E-state index is 0.0797. The Labute approximate surface area is 176 Å². The lowest BCUT2D eigenvalue weighted by Gasteiger charge is -2.16. The molecular weight excluding hydrogens is 405 g/mol. The predicted octanol–water partition coefficient (Wildman–Crippen LogP) is 2.71. The second-order valence-electron chi connectivity index (χ2n) is 7.97. The highest BCUT2D eigenvalue weighted by molar-refractivity contribution is 5.90. The van der Waals surface area contributed by atoms with Gasteiger partial charge < -0.3 is 20.4 Å². The van der Waals surface area contributed by atoms with E-state index < -0.39 is 23.9 Å². The fourth-order valence-electron chi connectivity index (χ4n) is 3.86. The standard InChI is InChI=1S/C21H20FN5O4/c22-16-7-12(23-21(31)26-6-5-13(28)9-26)3-4-14(16)18-10-27-19(24-18)15(11-1-2-11)8-17(25-27)20(29)30/h3-4,7-8,10-11,13,28H,1-2,5-6,9H2,(H,23,31)(H,29,30). The highest BCUT2D eigenvalue weighted by Gasteiger charge is 2.29. The molecule has 3 heterocycles. The number of hydrogen-bond acceptors (Lipinski definition) is 5. The van der Waals surface area contributed by atoms with Gasteiger partial charge in [-0.1, -0.05) is 0 Å². The molecule has 9 nitrogen and oxygen atoms in total. The highest BCUT2D eigenvalue weighted by Crippen LogP contribution is 2.42. The first kappa shape index (κ1) is 19.4. The van der Waals surface area contributed by atoms with Crippen molar-refractivity contribution in [1.82, 2.24) is 19.5 Å². The first-order valence-electron chi connectivity index (χ1n) is 10.1. The lowest BCUT2D eigenvalue weighted by atomic mass is 10.1. The van der Waals surface area contributed by atoms with E-state index in [1.807, 2.05) is 0 Å². The zero-order valence-corrected chi connectivity index (χ0v) is 16.5. The molecule has 3 N–H and O–H groups in total. The van der Waals surface area contributed by atoms with Crippen LogP contribution in [-0.2, 0) is 0 Å². The molecule has 31 heavy (non-hydrogen) atoms. The SMILES string of the molecule is O=C(O)c1cc(C2CC2)c2nc(-c3ccc(NC(=O)N4CCC(O)C4)cc3F)cn2n1. The number of rotatable bonds is 4. The van der Waals surface area contributed by atoms with Crippen LogP contribution < -0.4 is 5.32 Å². The van der Waals surface area contributed by atoms with Crippen LogP contribution in [0.4, 0.5) is 14.9 Å². The summed E-state index contributed by atoms with van der Waals surface area (Å²) >= 11 is 0. The van der Waals surface area contributed by atoms with Crippen LogP contribution in [0.25, 0.3) is 16.9 Å². The van der Waals surface area contributed by atoms with Crippen molar-refractivity contribution in [1.29, 1.82) is 0 Å². The molecule has 3 aromatic rings. The number of carbonyl (C=O) groups excluding carboxylic acids is 1. The summed E-state index contributed by atoms with van der Waals surface area (Å²) < 4.78 is 16.3. The van der Waals surface area contributed by atoms with E-state index in [4.69, 9.17) is 0 Å². The van der Waals surface area contributed by atoms with E-state index >= 15 is 0 Å². The molecule has 1 saturated carbocycles. The normalized spacial score (nSPS) is 18.5. The number of aromatic carboxylic acids is 1. The van der Waals surface area contributed by atoms with Crippen LogP contribution in [0, 0.1) is 5.82 Å². The van der Waals surface area contributed by atoms with Crippen LogP contribution in [-0.4, -0.2) is 60.9 Å². The molecule has 2 fully saturated rings. The van der Waals surface area contributed by atoms with Crippen LogP contribution in [0.2, 0.25) is 0 Å². The maximum absolute atomic E-state index is 14.9. The van der Waals surface area contributed by atoms with E-state index in [0.29, 0.717) is 30.0 Å². The van der Waals surface area contributed by atoms with Crippen LogP contribution in [0.1, 0.15) is 41.2 Å². The summed E-state index contributed by atoms with van der Waals surface area (Å²) in [6, 6.07) is 5.44. The van der Waals surface area contributed by atoms with Gasteiger partial charge >= 0.3 is 12.0 Å². The number of nitrogens with zero attached hydrogens (tertiary/aromatic N) is 4. The molecule has 10 heteroatoms. The molecule has 1 saturated heterocycles. The first-order valence-corrected chi connectivity index (χ1v) is 10.1. The van der Waals surface area contributed by atoms with Gasteiger partial charge in [-0.15, -0.1) is 0 Å². The number of halogens is 1. The maximum Gasteiger partial charge on any atom is 0.356 e. The monoisotopic (exact) mass is 425 g/mol. The Bertz CT molecular complexity index is 1210. The Hall–Kier alpha value is -3.53. The van der Waals surface area contributed by atoms with Crippen molar-refractivity contribution in [2.45, 2.75) is 31.3 Å². The summed E-state index contributed by atoms with van der Waals surface area (Å²) in [6.07, 6.45) is 3.41. The molecule has 1 aromatic carbocycles. The zero-order valence-electron chi connectivity index (χ0n) is 16.5. The number of amides is 2. The Morgan fingerprint density at radius 3 is 2.65 bits per heavy atom. The third-order valence-electron chi connectivity index (χ3n) is 5.64. The van der Waals surface area contributed by atoms with E-state index in [2.05, 4.69) is 15.4 Å². The number of anilines is 1. The van der Waals surface area contributed by atoms with Gasteiger partial charge in [0.15, 0.2) is 11.3 Å². The molecule has 2 aliphatic rings. The molecule has 0 bridgehead atoms. The number of carboxylic acids is 1. The summed E-state index contributed by atoms with van der Waals surface area (Å²) in [4.78, 5) is 29.6. The van der Waals surface area contributed by atoms with Crippen molar-refractivity contribution in [3.8, 4) is 11.3 Å². The summed E-state index contributed by atoms with van der Waals surface area (Å²) in [5.74, 6) is -1.46. The molecule has 2 aromatic heterocycles. The van der Waals surface area contributed by atoms with Crippen LogP contribution in [0.5, 0.6) is 0 Å². The fraction of sp³-hybridized carbons (Fsp3) is 0.333. The summed E-state index contributed by atoms with van der Waals surface area (Å²) in [7, 11) is 0. The van der Waals surface area contributed by atoms with Crippen LogP contribution in [0.3, 0.4) is 0 Å². The van der Waals surface area contributed by atoms with Gasteiger partial charge in [-0.3, -0.25) is 0 Å². The van der Waals surface area contributed by atoms with Gasteiger partial charge in [0.05, 0.1) is 18.0 Å². The Morgan fingerprint density at radius 2 is 2.00 bits per heavy atom. The Morgan fingerprint density at radius 1 is 1.19 bits per heavy atom. The largest absolute Gasteiger partial charge is 0.476 e. The number of imidazole rings is 1. The molecule has 2 amide bonds. The molecule has 0 radical (unpaired) electrons. The Kier molecular flexibility index (Phi) is 4.58. The number of aliphatic hydroxyl groups excluding tert-OH is 1. The Balaban J connectivity index is 1.44. The minimum Gasteiger partial charge on any atom is -0.476 e. The predicted molar refractivity (Wildman–Crippen MR) is 109 cm³/mol. The van der Waals surface area contributed by atoms with Crippen molar-refractivity contribution >= 4 is 23.3 Å². The van der Waals surface area contributed by atoms with Crippen LogP contribution >= 0.6 is 0 Å². The molecule has 5 rings (SSSR count). The van der Waals surface area contributed by atoms with Gasteiger partial charge in [-0.25, -0.2) is 23.5 Å². The van der Waals surface area contributed by atoms with Crippen molar-refractivity contribution in [3.63, 3.8) is 0 Å². The topological polar surface area (TPSA) is 120 Å². The van der Waals surface area contributed by atoms with E-state index in [-0.39, 0.29) is 23.7 Å². The lowest BCUT2D eigenvalue weighted by molar-refractivity contribution is 0.0688. The minimum atomic E-state index is -1.13. The number of hydrogen-bond donors (Lipinski definition) is 3. The molecule has 1 aliphatic carbocycles. The number of likely N-dealkylation sites (tertiary alicyclic amines) is 1.